The zero-order valence-electron chi connectivity index (χ0n) is 16.1. The Morgan fingerprint density at radius 2 is 1.60 bits per heavy atom. The topological polar surface area (TPSA) is 66.5 Å². The molecule has 5 nitrogen and oxygen atoms in total. The Morgan fingerprint density at radius 3 is 2.23 bits per heavy atom. The molecule has 0 aromatic heterocycles. The molecule has 1 N–H and O–H groups in total. The lowest BCUT2D eigenvalue weighted by molar-refractivity contribution is -0.120. The molecule has 0 saturated carbocycles. The van der Waals surface area contributed by atoms with Crippen molar-refractivity contribution in [3.05, 3.63) is 94.5 Å². The van der Waals surface area contributed by atoms with Gasteiger partial charge in [0.2, 0.25) is 5.91 Å². The molecule has 0 bridgehead atoms. The number of carbonyl (C=O) groups excluding carboxylic acids is 1. The van der Waals surface area contributed by atoms with Crippen LogP contribution in [0.25, 0.3) is 0 Å². The summed E-state index contributed by atoms with van der Waals surface area (Å²) in [7, 11) is -4.03. The van der Waals surface area contributed by atoms with Crippen molar-refractivity contribution >= 4 is 44.8 Å². The Hall–Kier alpha value is -2.54. The van der Waals surface area contributed by atoms with E-state index in [1.165, 1.54) is 30.3 Å². The average molecular weight is 463 g/mol. The molecule has 3 rings (SSSR count). The first-order chi connectivity index (χ1) is 14.3. The van der Waals surface area contributed by atoms with Crippen LogP contribution in [0.15, 0.2) is 83.8 Å². The number of carbonyl (C=O) groups is 1. The Labute approximate surface area is 186 Å². The van der Waals surface area contributed by atoms with Crippen molar-refractivity contribution in [3.63, 3.8) is 0 Å². The molecule has 3 aromatic rings. The van der Waals surface area contributed by atoms with Gasteiger partial charge in [-0.25, -0.2) is 8.42 Å². The van der Waals surface area contributed by atoms with Gasteiger partial charge in [0.15, 0.2) is 0 Å². The molecule has 0 heterocycles. The third-order valence-electron chi connectivity index (χ3n) is 4.46. The summed E-state index contributed by atoms with van der Waals surface area (Å²) in [4.78, 5) is 12.8. The second kappa shape index (κ2) is 9.51. The number of nitrogens with zero attached hydrogens (tertiary/aromatic N) is 1. The predicted octanol–water partition coefficient (Wildman–Crippen LogP) is 5.07. The van der Waals surface area contributed by atoms with Gasteiger partial charge in [-0.15, -0.1) is 0 Å². The molecular formula is C22H20Cl2N2O3S. The minimum atomic E-state index is -4.03. The highest BCUT2D eigenvalue weighted by atomic mass is 35.5. The number of benzene rings is 3. The van der Waals surface area contributed by atoms with Gasteiger partial charge in [-0.1, -0.05) is 59.6 Å². The van der Waals surface area contributed by atoms with Gasteiger partial charge in [-0.05, 0) is 55.0 Å². The molecular weight excluding hydrogens is 443 g/mol. The Bertz CT molecular complexity index is 1120. The normalized spacial score (nSPS) is 12.2. The van der Waals surface area contributed by atoms with Crippen LogP contribution in [0.3, 0.4) is 0 Å². The molecule has 0 radical (unpaired) electrons. The monoisotopic (exact) mass is 462 g/mol. The minimum Gasteiger partial charge on any atom is -0.348 e. The number of sulfonamides is 1. The van der Waals surface area contributed by atoms with Crippen molar-refractivity contribution in [1.29, 1.82) is 0 Å². The summed E-state index contributed by atoms with van der Waals surface area (Å²) in [5.74, 6) is -0.441. The van der Waals surface area contributed by atoms with E-state index in [1.54, 1.807) is 18.2 Å². The molecule has 0 aliphatic heterocycles. The van der Waals surface area contributed by atoms with Crippen LogP contribution in [0.2, 0.25) is 10.0 Å². The fourth-order valence-corrected chi connectivity index (χ4v) is 4.65. The summed E-state index contributed by atoms with van der Waals surface area (Å²) in [6, 6.07) is 21.3. The molecule has 0 fully saturated rings. The van der Waals surface area contributed by atoms with Gasteiger partial charge in [0.25, 0.3) is 10.0 Å². The van der Waals surface area contributed by atoms with Crippen molar-refractivity contribution in [2.24, 2.45) is 0 Å². The molecule has 0 aliphatic rings. The molecule has 0 unspecified atom stereocenters. The lowest BCUT2D eigenvalue weighted by atomic mass is 10.1. The quantitative estimate of drug-likeness (QED) is 0.532. The first-order valence-electron chi connectivity index (χ1n) is 9.15. The smallest absolute Gasteiger partial charge is 0.264 e. The number of rotatable bonds is 7. The lowest BCUT2D eigenvalue weighted by Gasteiger charge is -2.25. The van der Waals surface area contributed by atoms with Gasteiger partial charge in [-0.2, -0.15) is 0 Å². The fourth-order valence-electron chi connectivity index (χ4n) is 2.92. The van der Waals surface area contributed by atoms with Gasteiger partial charge in [0.1, 0.15) is 6.54 Å². The van der Waals surface area contributed by atoms with E-state index in [-0.39, 0.29) is 10.9 Å². The van der Waals surface area contributed by atoms with E-state index in [0.29, 0.717) is 15.7 Å². The van der Waals surface area contributed by atoms with Crippen molar-refractivity contribution in [3.8, 4) is 0 Å². The number of nitrogens with one attached hydrogen (secondary N) is 1. The largest absolute Gasteiger partial charge is 0.348 e. The maximum absolute atomic E-state index is 13.3. The second-order valence-corrected chi connectivity index (χ2v) is 9.38. The van der Waals surface area contributed by atoms with Crippen molar-refractivity contribution in [2.75, 3.05) is 10.8 Å². The van der Waals surface area contributed by atoms with Gasteiger partial charge in [-0.3, -0.25) is 9.10 Å². The molecule has 1 amide bonds. The van der Waals surface area contributed by atoms with Crippen LogP contribution in [0, 0.1) is 0 Å². The zero-order valence-corrected chi connectivity index (χ0v) is 18.5. The van der Waals surface area contributed by atoms with E-state index >= 15 is 0 Å². The van der Waals surface area contributed by atoms with Crippen LogP contribution in [0.4, 0.5) is 5.69 Å². The second-order valence-electron chi connectivity index (χ2n) is 6.65. The molecule has 156 valence electrons. The number of hydrogen-bond acceptors (Lipinski definition) is 3. The van der Waals surface area contributed by atoms with Gasteiger partial charge in [0, 0.05) is 10.0 Å². The van der Waals surface area contributed by atoms with Crippen LogP contribution in [0.5, 0.6) is 0 Å². The lowest BCUT2D eigenvalue weighted by Crippen LogP contribution is -2.41. The van der Waals surface area contributed by atoms with E-state index in [2.05, 4.69) is 5.32 Å². The summed E-state index contributed by atoms with van der Waals surface area (Å²) < 4.78 is 27.6. The number of anilines is 1. The van der Waals surface area contributed by atoms with Crippen LogP contribution in [-0.2, 0) is 14.8 Å². The summed E-state index contributed by atoms with van der Waals surface area (Å²) in [5, 5.41) is 3.62. The van der Waals surface area contributed by atoms with Crippen LogP contribution < -0.4 is 9.62 Å². The van der Waals surface area contributed by atoms with Crippen molar-refractivity contribution in [2.45, 2.75) is 17.9 Å². The summed E-state index contributed by atoms with van der Waals surface area (Å²) in [6.45, 7) is 1.44. The summed E-state index contributed by atoms with van der Waals surface area (Å²) in [6.07, 6.45) is 0. The maximum atomic E-state index is 13.3. The van der Waals surface area contributed by atoms with Gasteiger partial charge >= 0.3 is 0 Å². The maximum Gasteiger partial charge on any atom is 0.264 e. The minimum absolute atomic E-state index is 0.0239. The first kappa shape index (κ1) is 22.2. The predicted molar refractivity (Wildman–Crippen MR) is 120 cm³/mol. The molecule has 0 aliphatic carbocycles. The molecule has 8 heteroatoms. The van der Waals surface area contributed by atoms with E-state index in [1.807, 2.05) is 37.3 Å². The summed E-state index contributed by atoms with van der Waals surface area (Å²) >= 11 is 12.0. The first-order valence-corrected chi connectivity index (χ1v) is 11.3. The molecule has 0 spiro atoms. The Kier molecular flexibility index (Phi) is 7.02. The third kappa shape index (κ3) is 5.33. The number of hydrogen-bond donors (Lipinski definition) is 1. The van der Waals surface area contributed by atoms with Crippen LogP contribution >= 0.6 is 23.2 Å². The molecule has 30 heavy (non-hydrogen) atoms. The summed E-state index contributed by atoms with van der Waals surface area (Å²) in [5.41, 5.74) is 1.21. The van der Waals surface area contributed by atoms with E-state index in [0.717, 1.165) is 9.87 Å². The van der Waals surface area contributed by atoms with E-state index in [4.69, 9.17) is 23.2 Å². The number of halogens is 2. The third-order valence-corrected chi connectivity index (χ3v) is 6.74. The fraction of sp³-hybridized carbons (Fsp3) is 0.136. The Balaban J connectivity index is 1.90. The van der Waals surface area contributed by atoms with E-state index in [9.17, 15) is 13.2 Å². The Morgan fingerprint density at radius 1 is 0.933 bits per heavy atom. The van der Waals surface area contributed by atoms with Crippen molar-refractivity contribution < 1.29 is 13.2 Å². The van der Waals surface area contributed by atoms with Crippen LogP contribution in [-0.4, -0.2) is 20.9 Å². The zero-order chi connectivity index (χ0) is 21.7. The highest BCUT2D eigenvalue weighted by Gasteiger charge is 2.28. The highest BCUT2D eigenvalue weighted by molar-refractivity contribution is 7.92. The number of amides is 1. The standard InChI is InChI=1S/C22H20Cl2N2O3S/c1-16(17-6-3-2-4-7-17)25-22(27)15-26(20-9-5-8-19(24)14-20)30(28,29)21-12-10-18(23)11-13-21/h2-14,16H,15H2,1H3,(H,25,27)/t16-/m1/s1. The van der Waals surface area contributed by atoms with Gasteiger partial charge < -0.3 is 5.32 Å². The molecule has 1 atom stereocenters. The average Bonchev–Trinajstić information content (AvgIpc) is 2.73. The van der Waals surface area contributed by atoms with Crippen molar-refractivity contribution in [1.82, 2.24) is 5.32 Å². The van der Waals surface area contributed by atoms with Crippen LogP contribution in [0.1, 0.15) is 18.5 Å². The SMILES string of the molecule is C[C@@H](NC(=O)CN(c1cccc(Cl)c1)S(=O)(=O)c1ccc(Cl)cc1)c1ccccc1. The van der Waals surface area contributed by atoms with E-state index < -0.39 is 22.5 Å². The van der Waals surface area contributed by atoms with Gasteiger partial charge in [0.05, 0.1) is 16.6 Å². The molecule has 3 aromatic carbocycles. The molecule has 0 saturated heterocycles. The highest BCUT2D eigenvalue weighted by Crippen LogP contribution is 2.27.